The summed E-state index contributed by atoms with van der Waals surface area (Å²) in [6, 6.07) is 23.4. The van der Waals surface area contributed by atoms with Crippen molar-refractivity contribution in [2.24, 2.45) is 4.99 Å². The molecule has 7 heteroatoms. The Morgan fingerprint density at radius 3 is 2.10 bits per heavy atom. The fraction of sp³-hybridized carbons (Fsp3) is 0.206. The number of allylic oxidation sites excluding steroid dienone is 1. The van der Waals surface area contributed by atoms with E-state index in [1.54, 1.807) is 18.4 Å². The van der Waals surface area contributed by atoms with E-state index in [0.717, 1.165) is 38.4 Å². The van der Waals surface area contributed by atoms with E-state index in [0.29, 0.717) is 27.2 Å². The summed E-state index contributed by atoms with van der Waals surface area (Å²) in [6.07, 6.45) is 1.98. The summed E-state index contributed by atoms with van der Waals surface area (Å²) < 4.78 is 13.2. The van der Waals surface area contributed by atoms with Crippen LogP contribution in [0.5, 0.6) is 5.75 Å². The lowest BCUT2D eigenvalue weighted by atomic mass is 9.92. The standard InChI is InChI=1S/C34H30N2O4S/c1-5-39-23-17-15-22(16-18-23)31-30(33(38)40-6-2)21(4)35-34-36(31)32(37)29(41-34)19-28-26-13-9-7-11-24(26)20(3)25-12-8-10-14-27(25)28/h7-19,31H,5-6H2,1-4H3/b29-19+/t31-/m1/s1. The number of aromatic nitrogens is 1. The maximum Gasteiger partial charge on any atom is 0.338 e. The first-order valence-electron chi connectivity index (χ1n) is 13.7. The summed E-state index contributed by atoms with van der Waals surface area (Å²) >= 11 is 1.34. The molecule has 1 aromatic heterocycles. The number of esters is 1. The monoisotopic (exact) mass is 562 g/mol. The Hall–Kier alpha value is -4.49. The average Bonchev–Trinajstić information content (AvgIpc) is 3.29. The molecule has 1 aliphatic rings. The molecule has 1 atom stereocenters. The van der Waals surface area contributed by atoms with Gasteiger partial charge in [0.25, 0.3) is 5.56 Å². The molecule has 0 aliphatic carbocycles. The Morgan fingerprint density at radius 1 is 0.902 bits per heavy atom. The van der Waals surface area contributed by atoms with Gasteiger partial charge in [-0.05, 0) is 84.1 Å². The molecule has 5 aromatic rings. The molecule has 41 heavy (non-hydrogen) atoms. The number of fused-ring (bicyclic) bond motifs is 3. The van der Waals surface area contributed by atoms with Crippen LogP contribution in [0.25, 0.3) is 27.6 Å². The lowest BCUT2D eigenvalue weighted by molar-refractivity contribution is -0.139. The van der Waals surface area contributed by atoms with Crippen LogP contribution in [-0.2, 0) is 9.53 Å². The van der Waals surface area contributed by atoms with Crippen molar-refractivity contribution in [3.63, 3.8) is 0 Å². The Bertz CT molecular complexity index is 1980. The second kappa shape index (κ2) is 10.8. The van der Waals surface area contributed by atoms with Gasteiger partial charge in [0.2, 0.25) is 0 Å². The van der Waals surface area contributed by atoms with Crippen LogP contribution in [0, 0.1) is 6.92 Å². The maximum atomic E-state index is 14.2. The van der Waals surface area contributed by atoms with E-state index in [2.05, 4.69) is 31.2 Å². The zero-order valence-electron chi connectivity index (χ0n) is 23.4. The number of thiazole rings is 1. The lowest BCUT2D eigenvalue weighted by Gasteiger charge is -2.24. The van der Waals surface area contributed by atoms with Gasteiger partial charge in [0.1, 0.15) is 5.75 Å². The molecule has 4 aromatic carbocycles. The molecule has 0 bridgehead atoms. The third-order valence-electron chi connectivity index (χ3n) is 7.54. The summed E-state index contributed by atoms with van der Waals surface area (Å²) in [5.74, 6) is 0.248. The van der Waals surface area contributed by atoms with Gasteiger partial charge in [-0.15, -0.1) is 0 Å². The first-order valence-corrected chi connectivity index (χ1v) is 14.6. The van der Waals surface area contributed by atoms with Crippen LogP contribution in [0.4, 0.5) is 0 Å². The van der Waals surface area contributed by atoms with Crippen molar-refractivity contribution in [2.45, 2.75) is 33.7 Å². The van der Waals surface area contributed by atoms with Crippen LogP contribution in [0.15, 0.2) is 93.9 Å². The summed E-state index contributed by atoms with van der Waals surface area (Å²) in [5.41, 5.74) is 3.69. The van der Waals surface area contributed by atoms with Crippen LogP contribution in [0.1, 0.15) is 43.5 Å². The quantitative estimate of drug-likeness (QED) is 0.193. The van der Waals surface area contributed by atoms with Gasteiger partial charge in [0, 0.05) is 0 Å². The van der Waals surface area contributed by atoms with Crippen molar-refractivity contribution in [1.82, 2.24) is 4.57 Å². The van der Waals surface area contributed by atoms with E-state index >= 15 is 0 Å². The highest BCUT2D eigenvalue weighted by Gasteiger charge is 2.33. The molecule has 0 fully saturated rings. The first-order chi connectivity index (χ1) is 19.9. The fourth-order valence-corrected chi connectivity index (χ4v) is 6.72. The zero-order chi connectivity index (χ0) is 28.7. The summed E-state index contributed by atoms with van der Waals surface area (Å²) in [7, 11) is 0. The number of rotatable bonds is 6. The number of carbonyl (C=O) groups excluding carboxylic acids is 1. The number of nitrogens with zero attached hydrogens (tertiary/aromatic N) is 2. The Morgan fingerprint density at radius 2 is 1.51 bits per heavy atom. The normalized spacial score (nSPS) is 15.2. The Labute approximate surface area is 241 Å². The zero-order valence-corrected chi connectivity index (χ0v) is 24.2. The molecular weight excluding hydrogens is 532 g/mol. The average molecular weight is 563 g/mol. The predicted octanol–water partition coefficient (Wildman–Crippen LogP) is 5.81. The minimum absolute atomic E-state index is 0.198. The minimum atomic E-state index is -0.672. The molecule has 0 saturated carbocycles. The molecule has 0 unspecified atom stereocenters. The lowest BCUT2D eigenvalue weighted by Crippen LogP contribution is -2.39. The van der Waals surface area contributed by atoms with Gasteiger partial charge in [-0.3, -0.25) is 9.36 Å². The summed E-state index contributed by atoms with van der Waals surface area (Å²) in [4.78, 5) is 32.7. The third kappa shape index (κ3) is 4.56. The molecule has 0 saturated heterocycles. The Kier molecular flexibility index (Phi) is 7.05. The van der Waals surface area contributed by atoms with Crippen molar-refractivity contribution in [2.75, 3.05) is 13.2 Å². The Balaban J connectivity index is 1.62. The van der Waals surface area contributed by atoms with Gasteiger partial charge in [-0.2, -0.15) is 0 Å². The van der Waals surface area contributed by atoms with Crippen molar-refractivity contribution in [3.05, 3.63) is 120 Å². The van der Waals surface area contributed by atoms with E-state index in [4.69, 9.17) is 14.5 Å². The molecule has 0 amide bonds. The highest BCUT2D eigenvalue weighted by Crippen LogP contribution is 2.34. The van der Waals surface area contributed by atoms with Gasteiger partial charge < -0.3 is 9.47 Å². The van der Waals surface area contributed by atoms with E-state index in [1.807, 2.05) is 61.5 Å². The molecule has 0 radical (unpaired) electrons. The molecule has 206 valence electrons. The molecule has 0 spiro atoms. The smallest absolute Gasteiger partial charge is 0.338 e. The third-order valence-corrected chi connectivity index (χ3v) is 8.52. The van der Waals surface area contributed by atoms with Crippen molar-refractivity contribution in [3.8, 4) is 5.75 Å². The topological polar surface area (TPSA) is 69.9 Å². The number of benzene rings is 4. The van der Waals surface area contributed by atoms with E-state index in [1.165, 1.54) is 16.9 Å². The second-order valence-electron chi connectivity index (χ2n) is 9.93. The number of hydrogen-bond donors (Lipinski definition) is 0. The van der Waals surface area contributed by atoms with Crippen LogP contribution in [0.2, 0.25) is 0 Å². The van der Waals surface area contributed by atoms with Gasteiger partial charge in [0.15, 0.2) is 4.80 Å². The van der Waals surface area contributed by atoms with Gasteiger partial charge >= 0.3 is 5.97 Å². The summed E-state index contributed by atoms with van der Waals surface area (Å²) in [5, 5.41) is 4.47. The number of ether oxygens (including phenoxy) is 2. The van der Waals surface area contributed by atoms with Crippen molar-refractivity contribution >= 4 is 44.9 Å². The predicted molar refractivity (Wildman–Crippen MR) is 164 cm³/mol. The van der Waals surface area contributed by atoms with E-state index in [9.17, 15) is 9.59 Å². The van der Waals surface area contributed by atoms with Crippen molar-refractivity contribution < 1.29 is 14.3 Å². The van der Waals surface area contributed by atoms with Gasteiger partial charge in [0.05, 0.1) is 35.1 Å². The van der Waals surface area contributed by atoms with Crippen LogP contribution < -0.4 is 19.6 Å². The molecule has 6 rings (SSSR count). The molecule has 6 nitrogen and oxygen atoms in total. The SMILES string of the molecule is CCOC(=O)C1=C(C)N=c2s/c(=C/c3c4ccccc4c(C)c4ccccc34)c(=O)n2[C@@H]1c1ccc(OCC)cc1. The molecule has 0 N–H and O–H groups in total. The highest BCUT2D eigenvalue weighted by molar-refractivity contribution is 7.07. The fourth-order valence-electron chi connectivity index (χ4n) is 5.69. The van der Waals surface area contributed by atoms with Gasteiger partial charge in [-0.1, -0.05) is 72.0 Å². The van der Waals surface area contributed by atoms with Crippen LogP contribution in [-0.4, -0.2) is 23.8 Å². The first kappa shape index (κ1) is 26.7. The van der Waals surface area contributed by atoms with Crippen molar-refractivity contribution in [1.29, 1.82) is 0 Å². The number of aryl methyl sites for hydroxylation is 1. The number of hydrogen-bond acceptors (Lipinski definition) is 6. The van der Waals surface area contributed by atoms with Gasteiger partial charge in [-0.25, -0.2) is 9.79 Å². The maximum absolute atomic E-state index is 14.2. The van der Waals surface area contributed by atoms with Crippen LogP contribution in [0.3, 0.4) is 0 Å². The highest BCUT2D eigenvalue weighted by atomic mass is 32.1. The molecule has 1 aliphatic heterocycles. The largest absolute Gasteiger partial charge is 0.494 e. The van der Waals surface area contributed by atoms with E-state index < -0.39 is 12.0 Å². The van der Waals surface area contributed by atoms with E-state index in [-0.39, 0.29) is 12.2 Å². The second-order valence-corrected chi connectivity index (χ2v) is 10.9. The molecule has 2 heterocycles. The summed E-state index contributed by atoms with van der Waals surface area (Å²) in [6.45, 7) is 8.40. The minimum Gasteiger partial charge on any atom is -0.494 e. The number of carbonyl (C=O) groups is 1. The molecular formula is C34H30N2O4S. The van der Waals surface area contributed by atoms with Crippen LogP contribution >= 0.6 is 11.3 Å².